The lowest BCUT2D eigenvalue weighted by Gasteiger charge is -2.19. The summed E-state index contributed by atoms with van der Waals surface area (Å²) in [5, 5.41) is 25.8. The maximum Gasteiger partial charge on any atom is 0.216 e. The average molecular weight is 450 g/mol. The van der Waals surface area contributed by atoms with Gasteiger partial charge in [0.05, 0.1) is 17.2 Å². The molecule has 0 saturated heterocycles. The van der Waals surface area contributed by atoms with Gasteiger partial charge in [0.2, 0.25) is 5.91 Å². The summed E-state index contributed by atoms with van der Waals surface area (Å²) in [5.74, 6) is -1.26. The van der Waals surface area contributed by atoms with E-state index in [-0.39, 0.29) is 29.3 Å². The van der Waals surface area contributed by atoms with Crippen molar-refractivity contribution < 1.29 is 19.4 Å². The van der Waals surface area contributed by atoms with Crippen molar-refractivity contribution in [2.45, 2.75) is 39.0 Å². The number of fused-ring (bicyclic) bond motifs is 1. The maximum absolute atomic E-state index is 13.8. The van der Waals surface area contributed by atoms with Crippen molar-refractivity contribution in [1.29, 1.82) is 0 Å². The number of amides is 1. The Bertz CT molecular complexity index is 1290. The number of nitrogens with one attached hydrogen (secondary N) is 3. The predicted octanol–water partition coefficient (Wildman–Crippen LogP) is 5.03. The van der Waals surface area contributed by atoms with Crippen molar-refractivity contribution >= 4 is 16.8 Å². The van der Waals surface area contributed by atoms with Crippen LogP contribution in [0, 0.1) is 5.82 Å². The van der Waals surface area contributed by atoms with Crippen molar-refractivity contribution in [3.8, 4) is 11.6 Å². The van der Waals surface area contributed by atoms with Gasteiger partial charge in [-0.3, -0.25) is 4.79 Å². The Kier molecular flexibility index (Phi) is 6.14. The molecule has 0 aliphatic carbocycles. The van der Waals surface area contributed by atoms with Crippen LogP contribution in [0.5, 0.6) is 11.6 Å². The number of aromatic hydroxyl groups is 2. The standard InChI is InChI=1S/C26H28FN3O3/c1-14(2)23-25(32)22(26(33)30-23)21(16-8-10-17(27)11-9-16)24-19(12-13-28-15(3)31)18-6-4-5-7-20(18)29-24/h4-11,14,21,29-30,32-33H,12-13H2,1-3H3,(H,28,31). The molecule has 6 nitrogen and oxygen atoms in total. The Labute approximate surface area is 191 Å². The number of aromatic amines is 2. The zero-order valence-corrected chi connectivity index (χ0v) is 18.9. The number of para-hydroxylation sites is 1. The van der Waals surface area contributed by atoms with E-state index in [1.165, 1.54) is 19.1 Å². The third kappa shape index (κ3) is 4.31. The van der Waals surface area contributed by atoms with Crippen LogP contribution in [0.1, 0.15) is 60.7 Å². The van der Waals surface area contributed by atoms with Crippen molar-refractivity contribution in [3.63, 3.8) is 0 Å². The van der Waals surface area contributed by atoms with E-state index >= 15 is 0 Å². The number of halogens is 1. The molecule has 4 rings (SSSR count). The molecule has 1 atom stereocenters. The largest absolute Gasteiger partial charge is 0.506 e. The molecule has 0 aliphatic heterocycles. The van der Waals surface area contributed by atoms with E-state index in [2.05, 4.69) is 15.3 Å². The van der Waals surface area contributed by atoms with Crippen LogP contribution in [-0.2, 0) is 11.2 Å². The van der Waals surface area contributed by atoms with Crippen molar-refractivity contribution in [2.24, 2.45) is 0 Å². The van der Waals surface area contributed by atoms with Gasteiger partial charge in [0.1, 0.15) is 11.6 Å². The van der Waals surface area contributed by atoms with E-state index < -0.39 is 5.92 Å². The Morgan fingerprint density at radius 3 is 2.36 bits per heavy atom. The van der Waals surface area contributed by atoms with Gasteiger partial charge in [0.15, 0.2) is 5.88 Å². The predicted molar refractivity (Wildman–Crippen MR) is 126 cm³/mol. The van der Waals surface area contributed by atoms with Crippen LogP contribution in [0.3, 0.4) is 0 Å². The molecule has 2 heterocycles. The fourth-order valence-corrected chi connectivity index (χ4v) is 4.44. The number of H-pyrrole nitrogens is 2. The number of aromatic nitrogens is 2. The van der Waals surface area contributed by atoms with Gasteiger partial charge in [-0.05, 0) is 41.7 Å². The minimum absolute atomic E-state index is 0.0108. The van der Waals surface area contributed by atoms with E-state index in [9.17, 15) is 19.4 Å². The normalized spacial score (nSPS) is 12.4. The Morgan fingerprint density at radius 2 is 1.73 bits per heavy atom. The summed E-state index contributed by atoms with van der Waals surface area (Å²) in [6.45, 7) is 5.75. The van der Waals surface area contributed by atoms with Gasteiger partial charge in [0, 0.05) is 30.1 Å². The molecule has 1 unspecified atom stereocenters. The molecule has 5 N–H and O–H groups in total. The summed E-state index contributed by atoms with van der Waals surface area (Å²) < 4.78 is 13.8. The number of carbonyl (C=O) groups is 1. The fraction of sp³-hybridized carbons (Fsp3) is 0.269. The molecule has 7 heteroatoms. The lowest BCUT2D eigenvalue weighted by atomic mass is 9.85. The summed E-state index contributed by atoms with van der Waals surface area (Å²) in [5.41, 5.74) is 4.20. The SMILES string of the molecule is CC(=O)NCCc1c(C(c2ccc(F)cc2)c2c(O)[nH]c(C(C)C)c2O)[nH]c2ccccc12. The molecule has 0 bridgehead atoms. The van der Waals surface area contributed by atoms with Crippen LogP contribution < -0.4 is 5.32 Å². The van der Waals surface area contributed by atoms with Crippen LogP contribution in [0.25, 0.3) is 10.9 Å². The summed E-state index contributed by atoms with van der Waals surface area (Å²) in [4.78, 5) is 17.8. The Hall–Kier alpha value is -3.74. The topological polar surface area (TPSA) is 101 Å². The molecular weight excluding hydrogens is 421 g/mol. The molecule has 2 aromatic carbocycles. The first kappa shape index (κ1) is 22.5. The smallest absolute Gasteiger partial charge is 0.216 e. The second-order valence-electron chi connectivity index (χ2n) is 8.58. The maximum atomic E-state index is 13.8. The number of hydrogen-bond donors (Lipinski definition) is 5. The van der Waals surface area contributed by atoms with E-state index in [0.717, 1.165) is 22.2 Å². The van der Waals surface area contributed by atoms with Gasteiger partial charge in [-0.25, -0.2) is 4.39 Å². The van der Waals surface area contributed by atoms with E-state index in [1.54, 1.807) is 12.1 Å². The van der Waals surface area contributed by atoms with Crippen LogP contribution >= 0.6 is 0 Å². The van der Waals surface area contributed by atoms with Crippen LogP contribution in [0.4, 0.5) is 4.39 Å². The first-order valence-corrected chi connectivity index (χ1v) is 11.0. The Morgan fingerprint density at radius 1 is 1.03 bits per heavy atom. The summed E-state index contributed by atoms with van der Waals surface area (Å²) in [6.07, 6.45) is 0.541. The first-order chi connectivity index (χ1) is 15.8. The molecule has 0 spiro atoms. The third-order valence-corrected chi connectivity index (χ3v) is 5.97. The highest BCUT2D eigenvalue weighted by Gasteiger charge is 2.31. The second kappa shape index (κ2) is 9.02. The molecular formula is C26H28FN3O3. The lowest BCUT2D eigenvalue weighted by molar-refractivity contribution is -0.118. The first-order valence-electron chi connectivity index (χ1n) is 11.0. The molecule has 2 aromatic heterocycles. The Balaban J connectivity index is 1.96. The zero-order chi connectivity index (χ0) is 23.7. The minimum Gasteiger partial charge on any atom is -0.506 e. The number of carbonyl (C=O) groups excluding carboxylic acids is 1. The molecule has 0 radical (unpaired) electrons. The number of hydrogen-bond acceptors (Lipinski definition) is 3. The van der Waals surface area contributed by atoms with Crippen molar-refractivity contribution in [2.75, 3.05) is 6.54 Å². The average Bonchev–Trinajstić information content (AvgIpc) is 3.28. The van der Waals surface area contributed by atoms with Gasteiger partial charge in [-0.1, -0.05) is 44.2 Å². The number of benzene rings is 2. The van der Waals surface area contributed by atoms with Gasteiger partial charge >= 0.3 is 0 Å². The quantitative estimate of drug-likeness (QED) is 0.274. The van der Waals surface area contributed by atoms with Gasteiger partial charge in [-0.2, -0.15) is 0 Å². The molecule has 33 heavy (non-hydrogen) atoms. The highest BCUT2D eigenvalue weighted by Crippen LogP contribution is 2.46. The molecule has 0 aliphatic rings. The van der Waals surface area contributed by atoms with Crippen molar-refractivity contribution in [1.82, 2.24) is 15.3 Å². The van der Waals surface area contributed by atoms with E-state index in [4.69, 9.17) is 0 Å². The van der Waals surface area contributed by atoms with Crippen LogP contribution in [0.2, 0.25) is 0 Å². The lowest BCUT2D eigenvalue weighted by Crippen LogP contribution is -2.23. The highest BCUT2D eigenvalue weighted by atomic mass is 19.1. The van der Waals surface area contributed by atoms with E-state index in [1.807, 2.05) is 38.1 Å². The molecule has 0 saturated carbocycles. The van der Waals surface area contributed by atoms with Crippen LogP contribution in [0.15, 0.2) is 48.5 Å². The zero-order valence-electron chi connectivity index (χ0n) is 18.9. The summed E-state index contributed by atoms with van der Waals surface area (Å²) >= 11 is 0. The highest BCUT2D eigenvalue weighted by molar-refractivity contribution is 5.85. The molecule has 172 valence electrons. The van der Waals surface area contributed by atoms with Gasteiger partial charge in [0.25, 0.3) is 0 Å². The number of rotatable bonds is 7. The monoisotopic (exact) mass is 449 g/mol. The van der Waals surface area contributed by atoms with Crippen molar-refractivity contribution in [3.05, 3.63) is 82.4 Å². The van der Waals surface area contributed by atoms with Gasteiger partial charge < -0.3 is 25.5 Å². The molecule has 1 amide bonds. The second-order valence-corrected chi connectivity index (χ2v) is 8.58. The van der Waals surface area contributed by atoms with E-state index in [0.29, 0.717) is 29.8 Å². The molecule has 4 aromatic rings. The fourth-order valence-electron chi connectivity index (χ4n) is 4.44. The van der Waals surface area contributed by atoms with Crippen LogP contribution in [-0.4, -0.2) is 32.6 Å². The summed E-state index contributed by atoms with van der Waals surface area (Å²) in [6, 6.07) is 13.9. The summed E-state index contributed by atoms with van der Waals surface area (Å²) in [7, 11) is 0. The van der Waals surface area contributed by atoms with Gasteiger partial charge in [-0.15, -0.1) is 0 Å². The minimum atomic E-state index is -0.589. The molecule has 0 fully saturated rings. The third-order valence-electron chi connectivity index (χ3n) is 5.97.